The molecule has 0 unspecified atom stereocenters. The van der Waals surface area contributed by atoms with Crippen LogP contribution in [-0.2, 0) is 0 Å². The number of hydrogen-bond donors (Lipinski definition) is 0. The molecule has 1 aliphatic carbocycles. The minimum atomic E-state index is -0.402. The second-order valence-corrected chi connectivity index (χ2v) is 5.65. The van der Waals surface area contributed by atoms with E-state index in [1.807, 2.05) is 6.92 Å². The standard InChI is InChI=1S/C16H18F2/c1-11-10-16(2,3)7-6-12(11)8-13-9-14(17)4-5-15(13)18/h4-5,8-10H,6-7H2,1-3H3/b12-8-. The average molecular weight is 248 g/mol. The van der Waals surface area contributed by atoms with Crippen molar-refractivity contribution in [3.63, 3.8) is 0 Å². The summed E-state index contributed by atoms with van der Waals surface area (Å²) in [5, 5.41) is 0. The fraction of sp³-hybridized carbons (Fsp3) is 0.375. The zero-order valence-corrected chi connectivity index (χ0v) is 11.1. The molecule has 0 saturated carbocycles. The molecule has 0 heterocycles. The zero-order chi connectivity index (χ0) is 13.3. The number of rotatable bonds is 1. The molecule has 0 amide bonds. The third-order valence-corrected chi connectivity index (χ3v) is 3.44. The van der Waals surface area contributed by atoms with Gasteiger partial charge < -0.3 is 0 Å². The highest BCUT2D eigenvalue weighted by Crippen LogP contribution is 2.36. The highest BCUT2D eigenvalue weighted by atomic mass is 19.1. The Morgan fingerprint density at radius 2 is 1.94 bits per heavy atom. The lowest BCUT2D eigenvalue weighted by Crippen LogP contribution is -2.13. The minimum Gasteiger partial charge on any atom is -0.207 e. The Morgan fingerprint density at radius 1 is 1.22 bits per heavy atom. The van der Waals surface area contributed by atoms with Gasteiger partial charge in [0, 0.05) is 5.56 Å². The molecule has 0 saturated heterocycles. The summed E-state index contributed by atoms with van der Waals surface area (Å²) in [4.78, 5) is 0. The molecule has 0 nitrogen and oxygen atoms in total. The van der Waals surface area contributed by atoms with Gasteiger partial charge in [-0.3, -0.25) is 0 Å². The second-order valence-electron chi connectivity index (χ2n) is 5.65. The molecule has 1 aromatic rings. The van der Waals surface area contributed by atoms with E-state index in [0.29, 0.717) is 5.56 Å². The Labute approximate surface area is 107 Å². The topological polar surface area (TPSA) is 0 Å². The molecule has 1 aliphatic rings. The molecule has 0 bridgehead atoms. The molecule has 0 N–H and O–H groups in total. The zero-order valence-electron chi connectivity index (χ0n) is 11.1. The summed E-state index contributed by atoms with van der Waals surface area (Å²) < 4.78 is 26.7. The normalized spacial score (nSPS) is 20.9. The van der Waals surface area contributed by atoms with Gasteiger partial charge in [-0.15, -0.1) is 0 Å². The lowest BCUT2D eigenvalue weighted by Gasteiger charge is -2.28. The number of allylic oxidation sites excluding steroid dienone is 3. The monoisotopic (exact) mass is 248 g/mol. The van der Waals surface area contributed by atoms with Crippen LogP contribution in [0.15, 0.2) is 35.4 Å². The summed E-state index contributed by atoms with van der Waals surface area (Å²) >= 11 is 0. The van der Waals surface area contributed by atoms with Gasteiger partial charge in [-0.1, -0.05) is 25.5 Å². The van der Waals surface area contributed by atoms with Crippen molar-refractivity contribution in [2.24, 2.45) is 5.41 Å². The van der Waals surface area contributed by atoms with Crippen LogP contribution in [0.2, 0.25) is 0 Å². The summed E-state index contributed by atoms with van der Waals surface area (Å²) in [5.74, 6) is -0.775. The largest absolute Gasteiger partial charge is 0.207 e. The van der Waals surface area contributed by atoms with Crippen LogP contribution >= 0.6 is 0 Å². The van der Waals surface area contributed by atoms with Gasteiger partial charge in [0.25, 0.3) is 0 Å². The van der Waals surface area contributed by atoms with Crippen molar-refractivity contribution in [3.05, 3.63) is 52.6 Å². The fourth-order valence-corrected chi connectivity index (χ4v) is 2.40. The lowest BCUT2D eigenvalue weighted by atomic mass is 9.77. The van der Waals surface area contributed by atoms with Crippen LogP contribution in [-0.4, -0.2) is 0 Å². The third kappa shape index (κ3) is 2.87. The number of benzene rings is 1. The Bertz CT molecular complexity index is 522. The van der Waals surface area contributed by atoms with Crippen LogP contribution in [0.25, 0.3) is 6.08 Å². The molecule has 18 heavy (non-hydrogen) atoms. The Balaban J connectivity index is 2.38. The number of hydrogen-bond acceptors (Lipinski definition) is 0. The van der Waals surface area contributed by atoms with E-state index in [-0.39, 0.29) is 11.2 Å². The molecule has 0 fully saturated rings. The summed E-state index contributed by atoms with van der Waals surface area (Å²) in [7, 11) is 0. The van der Waals surface area contributed by atoms with Gasteiger partial charge in [-0.25, -0.2) is 8.78 Å². The van der Waals surface area contributed by atoms with Gasteiger partial charge in [-0.2, -0.15) is 0 Å². The van der Waals surface area contributed by atoms with Gasteiger partial charge in [0.2, 0.25) is 0 Å². The average Bonchev–Trinajstić information content (AvgIpc) is 2.26. The van der Waals surface area contributed by atoms with Crippen LogP contribution < -0.4 is 0 Å². The van der Waals surface area contributed by atoms with E-state index >= 15 is 0 Å². The molecule has 0 aromatic heterocycles. The minimum absolute atomic E-state index is 0.196. The predicted molar refractivity (Wildman–Crippen MR) is 71.1 cm³/mol. The first kappa shape index (κ1) is 13.0. The smallest absolute Gasteiger partial charge is 0.130 e. The van der Waals surface area contributed by atoms with Crippen molar-refractivity contribution in [1.29, 1.82) is 0 Å². The van der Waals surface area contributed by atoms with E-state index in [1.54, 1.807) is 6.08 Å². The van der Waals surface area contributed by atoms with E-state index in [2.05, 4.69) is 19.9 Å². The molecule has 0 aliphatic heterocycles. The van der Waals surface area contributed by atoms with Gasteiger partial charge in [0.15, 0.2) is 0 Å². The maximum absolute atomic E-state index is 13.6. The van der Waals surface area contributed by atoms with E-state index in [0.717, 1.165) is 30.1 Å². The van der Waals surface area contributed by atoms with Crippen molar-refractivity contribution in [1.82, 2.24) is 0 Å². The van der Waals surface area contributed by atoms with Crippen molar-refractivity contribution in [2.75, 3.05) is 0 Å². The molecular formula is C16H18F2. The maximum Gasteiger partial charge on any atom is 0.130 e. The van der Waals surface area contributed by atoms with Crippen LogP contribution in [0.5, 0.6) is 0 Å². The van der Waals surface area contributed by atoms with Crippen molar-refractivity contribution >= 4 is 6.08 Å². The lowest BCUT2D eigenvalue weighted by molar-refractivity contribution is 0.423. The van der Waals surface area contributed by atoms with Crippen LogP contribution in [0.3, 0.4) is 0 Å². The van der Waals surface area contributed by atoms with Crippen molar-refractivity contribution in [3.8, 4) is 0 Å². The predicted octanol–water partition coefficient (Wildman–Crippen LogP) is 5.11. The van der Waals surface area contributed by atoms with Crippen LogP contribution in [0.4, 0.5) is 8.78 Å². The van der Waals surface area contributed by atoms with E-state index < -0.39 is 5.82 Å². The molecule has 2 rings (SSSR count). The highest BCUT2D eigenvalue weighted by molar-refractivity contribution is 5.59. The van der Waals surface area contributed by atoms with Gasteiger partial charge in [0.05, 0.1) is 0 Å². The Kier molecular flexibility index (Phi) is 3.38. The maximum atomic E-state index is 13.6. The summed E-state index contributed by atoms with van der Waals surface area (Å²) in [6, 6.07) is 3.56. The van der Waals surface area contributed by atoms with E-state index in [9.17, 15) is 8.78 Å². The van der Waals surface area contributed by atoms with Gasteiger partial charge >= 0.3 is 0 Å². The van der Waals surface area contributed by atoms with Crippen LogP contribution in [0, 0.1) is 17.0 Å². The fourth-order valence-electron chi connectivity index (χ4n) is 2.40. The van der Waals surface area contributed by atoms with E-state index in [4.69, 9.17) is 0 Å². The third-order valence-electron chi connectivity index (χ3n) is 3.44. The molecule has 0 atom stereocenters. The van der Waals surface area contributed by atoms with Gasteiger partial charge in [0.1, 0.15) is 11.6 Å². The molecule has 2 heteroatoms. The summed E-state index contributed by atoms with van der Waals surface area (Å²) in [5.41, 5.74) is 2.79. The van der Waals surface area contributed by atoms with E-state index in [1.165, 1.54) is 12.1 Å². The van der Waals surface area contributed by atoms with Crippen molar-refractivity contribution in [2.45, 2.75) is 33.6 Å². The molecule has 0 radical (unpaired) electrons. The highest BCUT2D eigenvalue weighted by Gasteiger charge is 2.21. The Morgan fingerprint density at radius 3 is 2.61 bits per heavy atom. The summed E-state index contributed by atoms with van der Waals surface area (Å²) in [6.07, 6.45) is 5.91. The molecule has 96 valence electrons. The summed E-state index contributed by atoms with van der Waals surface area (Å²) in [6.45, 7) is 6.41. The van der Waals surface area contributed by atoms with Crippen LogP contribution in [0.1, 0.15) is 39.2 Å². The van der Waals surface area contributed by atoms with Gasteiger partial charge in [-0.05, 0) is 55.0 Å². The SMILES string of the molecule is CC1=CC(C)(C)CC/C1=C/c1cc(F)ccc1F. The first-order valence-electron chi connectivity index (χ1n) is 6.23. The first-order chi connectivity index (χ1) is 8.37. The molecule has 0 spiro atoms. The number of halogens is 2. The first-order valence-corrected chi connectivity index (χ1v) is 6.23. The quantitative estimate of drug-likeness (QED) is 0.647. The second kappa shape index (κ2) is 4.68. The Hall–Kier alpha value is -1.44. The molecular weight excluding hydrogens is 230 g/mol. The van der Waals surface area contributed by atoms with Crippen molar-refractivity contribution < 1.29 is 8.78 Å². The molecule has 1 aromatic carbocycles.